The number of carbonyl (C=O) groups is 1. The number of likely N-dealkylation sites (tertiary alicyclic amines) is 1. The van der Waals surface area contributed by atoms with Gasteiger partial charge in [0.2, 0.25) is 0 Å². The van der Waals surface area contributed by atoms with Crippen LogP contribution >= 0.6 is 0 Å². The van der Waals surface area contributed by atoms with E-state index in [-0.39, 0.29) is 18.0 Å². The van der Waals surface area contributed by atoms with Gasteiger partial charge in [0, 0.05) is 24.8 Å². The molecule has 5 nitrogen and oxygen atoms in total. The van der Waals surface area contributed by atoms with Gasteiger partial charge in [0.15, 0.2) is 0 Å². The van der Waals surface area contributed by atoms with Crippen LogP contribution in [0, 0.1) is 0 Å². The summed E-state index contributed by atoms with van der Waals surface area (Å²) in [4.78, 5) is 18.5. The number of pyridine rings is 1. The van der Waals surface area contributed by atoms with E-state index in [1.807, 2.05) is 11.8 Å². The van der Waals surface area contributed by atoms with Crippen LogP contribution in [0.2, 0.25) is 0 Å². The highest BCUT2D eigenvalue weighted by Crippen LogP contribution is 2.24. The average Bonchev–Trinajstić information content (AvgIpc) is 2.46. The van der Waals surface area contributed by atoms with E-state index in [9.17, 15) is 4.79 Å². The fraction of sp³-hybridized carbons (Fsp3) is 0.571. The summed E-state index contributed by atoms with van der Waals surface area (Å²) in [6, 6.07) is 1.80. The van der Waals surface area contributed by atoms with Gasteiger partial charge in [-0.1, -0.05) is 0 Å². The molecule has 1 aliphatic heterocycles. The number of amides is 1. The molecule has 0 aliphatic carbocycles. The molecule has 1 aromatic rings. The molecule has 104 valence electrons. The van der Waals surface area contributed by atoms with Crippen LogP contribution in [0.3, 0.4) is 0 Å². The van der Waals surface area contributed by atoms with E-state index in [4.69, 9.17) is 10.5 Å². The smallest absolute Gasteiger partial charge is 0.258 e. The largest absolute Gasteiger partial charge is 0.494 e. The van der Waals surface area contributed by atoms with Crippen molar-refractivity contribution in [3.05, 3.63) is 24.0 Å². The number of nitrogens with zero attached hydrogens (tertiary/aromatic N) is 2. The van der Waals surface area contributed by atoms with Crippen LogP contribution in [0.1, 0.15) is 36.5 Å². The molecule has 1 amide bonds. The SMILES string of the molecule is COc1cnccc1C(=O)N1CCCCC1C(C)N. The molecule has 1 aliphatic rings. The van der Waals surface area contributed by atoms with E-state index in [0.717, 1.165) is 25.8 Å². The molecular weight excluding hydrogens is 242 g/mol. The summed E-state index contributed by atoms with van der Waals surface area (Å²) in [5.74, 6) is 0.503. The lowest BCUT2D eigenvalue weighted by atomic mass is 9.96. The third-order valence-electron chi connectivity index (χ3n) is 3.65. The molecule has 0 radical (unpaired) electrons. The van der Waals surface area contributed by atoms with Crippen LogP contribution in [0.25, 0.3) is 0 Å². The van der Waals surface area contributed by atoms with Gasteiger partial charge in [-0.15, -0.1) is 0 Å². The highest BCUT2D eigenvalue weighted by atomic mass is 16.5. The standard InChI is InChI=1S/C14H21N3O2/c1-10(15)12-5-3-4-8-17(12)14(18)11-6-7-16-9-13(11)19-2/h6-7,9-10,12H,3-5,8,15H2,1-2H3. The van der Waals surface area contributed by atoms with Crippen molar-refractivity contribution in [2.24, 2.45) is 5.73 Å². The first-order valence-electron chi connectivity index (χ1n) is 6.69. The van der Waals surface area contributed by atoms with Gasteiger partial charge < -0.3 is 15.4 Å². The number of ether oxygens (including phenoxy) is 1. The van der Waals surface area contributed by atoms with Crippen molar-refractivity contribution in [2.45, 2.75) is 38.3 Å². The van der Waals surface area contributed by atoms with Gasteiger partial charge in [-0.2, -0.15) is 0 Å². The molecule has 0 bridgehead atoms. The molecule has 2 N–H and O–H groups in total. The van der Waals surface area contributed by atoms with Crippen LogP contribution in [-0.4, -0.2) is 41.5 Å². The molecule has 1 saturated heterocycles. The fourth-order valence-electron chi connectivity index (χ4n) is 2.63. The summed E-state index contributed by atoms with van der Waals surface area (Å²) in [6.07, 6.45) is 6.31. The van der Waals surface area contributed by atoms with E-state index in [1.165, 1.54) is 0 Å². The Morgan fingerprint density at radius 1 is 1.58 bits per heavy atom. The zero-order valence-corrected chi connectivity index (χ0v) is 11.5. The third-order valence-corrected chi connectivity index (χ3v) is 3.65. The molecule has 2 rings (SSSR count). The van der Waals surface area contributed by atoms with Crippen molar-refractivity contribution in [3.8, 4) is 5.75 Å². The van der Waals surface area contributed by atoms with Gasteiger partial charge >= 0.3 is 0 Å². The van der Waals surface area contributed by atoms with E-state index in [1.54, 1.807) is 25.6 Å². The fourth-order valence-corrected chi connectivity index (χ4v) is 2.63. The van der Waals surface area contributed by atoms with Gasteiger partial charge in [-0.25, -0.2) is 0 Å². The van der Waals surface area contributed by atoms with Crippen LogP contribution in [-0.2, 0) is 0 Å². The Morgan fingerprint density at radius 2 is 2.37 bits per heavy atom. The Morgan fingerprint density at radius 3 is 3.05 bits per heavy atom. The lowest BCUT2D eigenvalue weighted by molar-refractivity contribution is 0.0580. The second-order valence-corrected chi connectivity index (χ2v) is 5.00. The normalized spacial score (nSPS) is 21.0. The van der Waals surface area contributed by atoms with Crippen molar-refractivity contribution in [1.82, 2.24) is 9.88 Å². The maximum Gasteiger partial charge on any atom is 0.258 e. The van der Waals surface area contributed by atoms with Gasteiger partial charge in [-0.3, -0.25) is 9.78 Å². The predicted octanol–water partition coefficient (Wildman–Crippen LogP) is 1.43. The van der Waals surface area contributed by atoms with E-state index in [2.05, 4.69) is 4.98 Å². The van der Waals surface area contributed by atoms with Crippen molar-refractivity contribution in [2.75, 3.05) is 13.7 Å². The first kappa shape index (κ1) is 13.8. The molecule has 0 aromatic carbocycles. The zero-order valence-electron chi connectivity index (χ0n) is 11.5. The molecule has 0 saturated carbocycles. The number of aromatic nitrogens is 1. The number of hydrogen-bond donors (Lipinski definition) is 1. The van der Waals surface area contributed by atoms with Crippen molar-refractivity contribution in [1.29, 1.82) is 0 Å². The Bertz CT molecular complexity index is 448. The number of carbonyl (C=O) groups excluding carboxylic acids is 1. The number of hydrogen-bond acceptors (Lipinski definition) is 4. The second-order valence-electron chi connectivity index (χ2n) is 5.00. The molecule has 1 aromatic heterocycles. The quantitative estimate of drug-likeness (QED) is 0.895. The van der Waals surface area contributed by atoms with Gasteiger partial charge in [-0.05, 0) is 32.3 Å². The summed E-state index contributed by atoms with van der Waals surface area (Å²) >= 11 is 0. The van der Waals surface area contributed by atoms with Crippen molar-refractivity contribution in [3.63, 3.8) is 0 Å². The van der Waals surface area contributed by atoms with E-state index < -0.39 is 0 Å². The summed E-state index contributed by atoms with van der Waals surface area (Å²) in [6.45, 7) is 2.72. The van der Waals surface area contributed by atoms with Gasteiger partial charge in [0.05, 0.1) is 18.9 Å². The number of rotatable bonds is 3. The predicted molar refractivity (Wildman–Crippen MR) is 73.1 cm³/mol. The Hall–Kier alpha value is -1.62. The average molecular weight is 263 g/mol. The highest BCUT2D eigenvalue weighted by molar-refractivity contribution is 5.97. The number of piperidine rings is 1. The zero-order chi connectivity index (χ0) is 13.8. The monoisotopic (exact) mass is 263 g/mol. The van der Waals surface area contributed by atoms with Crippen LogP contribution in [0.4, 0.5) is 0 Å². The molecule has 5 heteroatoms. The third kappa shape index (κ3) is 2.87. The van der Waals surface area contributed by atoms with Gasteiger partial charge in [0.25, 0.3) is 5.91 Å². The molecule has 2 heterocycles. The second kappa shape index (κ2) is 6.02. The molecule has 1 fully saturated rings. The summed E-state index contributed by atoms with van der Waals surface area (Å²) in [5, 5.41) is 0. The number of nitrogens with two attached hydrogens (primary N) is 1. The Balaban J connectivity index is 2.26. The maximum atomic E-state index is 12.7. The lowest BCUT2D eigenvalue weighted by Gasteiger charge is -2.38. The number of methoxy groups -OCH3 is 1. The highest BCUT2D eigenvalue weighted by Gasteiger charge is 2.31. The molecular formula is C14H21N3O2. The summed E-state index contributed by atoms with van der Waals surface area (Å²) in [5.41, 5.74) is 6.57. The van der Waals surface area contributed by atoms with Gasteiger partial charge in [0.1, 0.15) is 5.75 Å². The minimum Gasteiger partial charge on any atom is -0.494 e. The van der Waals surface area contributed by atoms with Crippen molar-refractivity contribution >= 4 is 5.91 Å². The molecule has 0 spiro atoms. The lowest BCUT2D eigenvalue weighted by Crippen LogP contribution is -2.51. The van der Waals surface area contributed by atoms with Crippen LogP contribution in [0.5, 0.6) is 5.75 Å². The first-order valence-corrected chi connectivity index (χ1v) is 6.69. The minimum absolute atomic E-state index is 0.0127. The van der Waals surface area contributed by atoms with E-state index >= 15 is 0 Å². The minimum atomic E-state index is -0.0166. The topological polar surface area (TPSA) is 68.5 Å². The van der Waals surface area contributed by atoms with E-state index in [0.29, 0.717) is 11.3 Å². The summed E-state index contributed by atoms with van der Waals surface area (Å²) < 4.78 is 5.21. The Labute approximate surface area is 113 Å². The Kier molecular flexibility index (Phi) is 4.37. The van der Waals surface area contributed by atoms with Crippen LogP contribution < -0.4 is 10.5 Å². The van der Waals surface area contributed by atoms with Crippen molar-refractivity contribution < 1.29 is 9.53 Å². The molecule has 2 atom stereocenters. The first-order chi connectivity index (χ1) is 9.15. The maximum absolute atomic E-state index is 12.7. The molecule has 19 heavy (non-hydrogen) atoms. The van der Waals surface area contributed by atoms with Crippen LogP contribution in [0.15, 0.2) is 18.5 Å². The summed E-state index contributed by atoms with van der Waals surface area (Å²) in [7, 11) is 1.55. The molecule has 2 unspecified atom stereocenters.